The average Bonchev–Trinajstić information content (AvgIpc) is 2.83. The van der Waals surface area contributed by atoms with E-state index in [9.17, 15) is 29.1 Å². The second-order valence-corrected chi connectivity index (χ2v) is 10.0. The van der Waals surface area contributed by atoms with Gasteiger partial charge in [-0.25, -0.2) is 4.79 Å². The van der Waals surface area contributed by atoms with E-state index in [0.717, 1.165) is 0 Å². The van der Waals surface area contributed by atoms with Crippen molar-refractivity contribution in [3.05, 3.63) is 0 Å². The van der Waals surface area contributed by atoms with Crippen molar-refractivity contribution < 1.29 is 34.2 Å². The summed E-state index contributed by atoms with van der Waals surface area (Å²) in [7, 11) is 0. The third-order valence-electron chi connectivity index (χ3n) is 5.05. The fourth-order valence-electron chi connectivity index (χ4n) is 3.00. The molecular formula is C21H39N7O7S2. The van der Waals surface area contributed by atoms with E-state index >= 15 is 0 Å². The first kappa shape index (κ1) is 34.3. The molecular weight excluding hydrogens is 526 g/mol. The zero-order valence-electron chi connectivity index (χ0n) is 21.1. The number of aliphatic carboxylic acids is 2. The lowest BCUT2D eigenvalue weighted by molar-refractivity contribution is -0.143. The largest absolute Gasteiger partial charge is 0.481 e. The molecule has 0 aliphatic heterocycles. The molecule has 0 fully saturated rings. The number of nitrogens with two attached hydrogens (primary N) is 3. The van der Waals surface area contributed by atoms with E-state index in [0.29, 0.717) is 24.3 Å². The van der Waals surface area contributed by atoms with Crippen molar-refractivity contribution in [1.82, 2.24) is 16.0 Å². The maximum atomic E-state index is 13.1. The minimum absolute atomic E-state index is 0.0995. The molecule has 0 aliphatic carbocycles. The van der Waals surface area contributed by atoms with Gasteiger partial charge in [0.2, 0.25) is 17.7 Å². The van der Waals surface area contributed by atoms with Crippen molar-refractivity contribution in [1.29, 1.82) is 0 Å². The number of nitrogens with zero attached hydrogens (tertiary/aromatic N) is 1. The molecule has 4 atom stereocenters. The van der Waals surface area contributed by atoms with Gasteiger partial charge in [0.15, 0.2) is 5.96 Å². The predicted octanol–water partition coefficient (Wildman–Crippen LogP) is -1.72. The number of guanidine groups is 1. The molecule has 3 amide bonds. The molecule has 0 spiro atoms. The van der Waals surface area contributed by atoms with Crippen LogP contribution in [0.25, 0.3) is 0 Å². The number of aliphatic imine (C=N–C) groups is 1. The van der Waals surface area contributed by atoms with Gasteiger partial charge in [0.25, 0.3) is 0 Å². The first-order valence-corrected chi connectivity index (χ1v) is 14.4. The monoisotopic (exact) mass is 565 g/mol. The predicted molar refractivity (Wildman–Crippen MR) is 144 cm³/mol. The van der Waals surface area contributed by atoms with Crippen LogP contribution in [-0.4, -0.2) is 101 Å². The van der Waals surface area contributed by atoms with Crippen LogP contribution < -0.4 is 33.2 Å². The number of nitrogens with one attached hydrogen (secondary N) is 3. The van der Waals surface area contributed by atoms with Crippen LogP contribution in [0.5, 0.6) is 0 Å². The molecule has 0 heterocycles. The van der Waals surface area contributed by atoms with Crippen LogP contribution in [-0.2, 0) is 24.0 Å². The highest BCUT2D eigenvalue weighted by atomic mass is 32.2. The van der Waals surface area contributed by atoms with Crippen molar-refractivity contribution in [2.45, 2.75) is 62.7 Å². The van der Waals surface area contributed by atoms with Crippen LogP contribution in [0.4, 0.5) is 0 Å². The molecule has 0 saturated carbocycles. The Morgan fingerprint density at radius 2 is 1.30 bits per heavy atom. The van der Waals surface area contributed by atoms with Gasteiger partial charge in [-0.05, 0) is 56.1 Å². The summed E-state index contributed by atoms with van der Waals surface area (Å²) in [6.45, 7) is 0.180. The summed E-state index contributed by atoms with van der Waals surface area (Å²) in [6.07, 6.45) is 3.82. The number of carbonyl (C=O) groups excluding carboxylic acids is 3. The number of carboxylic acid groups (broad SMARTS) is 2. The van der Waals surface area contributed by atoms with Crippen molar-refractivity contribution in [3.8, 4) is 0 Å². The van der Waals surface area contributed by atoms with E-state index in [4.69, 9.17) is 22.3 Å². The minimum Gasteiger partial charge on any atom is -0.481 e. The molecule has 0 bridgehead atoms. The van der Waals surface area contributed by atoms with Gasteiger partial charge in [-0.2, -0.15) is 23.5 Å². The topological polar surface area (TPSA) is 252 Å². The van der Waals surface area contributed by atoms with Crippen molar-refractivity contribution in [2.24, 2.45) is 22.2 Å². The smallest absolute Gasteiger partial charge is 0.326 e. The average molecular weight is 566 g/mol. The molecule has 11 N–H and O–H groups in total. The molecule has 0 radical (unpaired) electrons. The number of carbonyl (C=O) groups is 5. The maximum absolute atomic E-state index is 13.1. The fraction of sp³-hybridized carbons (Fsp3) is 0.714. The Hall–Kier alpha value is -2.72. The van der Waals surface area contributed by atoms with Gasteiger partial charge in [0, 0.05) is 13.0 Å². The lowest BCUT2D eigenvalue weighted by Gasteiger charge is -2.25. The van der Waals surface area contributed by atoms with Gasteiger partial charge in [-0.15, -0.1) is 0 Å². The SMILES string of the molecule is CSCCC(N)C(=O)NC(CCCN=C(N)N)C(=O)NC(CCC(=O)O)C(=O)NC(CCSC)C(=O)O. The molecule has 0 aromatic rings. The van der Waals surface area contributed by atoms with Crippen LogP contribution in [0.15, 0.2) is 4.99 Å². The Morgan fingerprint density at radius 3 is 1.81 bits per heavy atom. The highest BCUT2D eigenvalue weighted by Crippen LogP contribution is 2.07. The minimum atomic E-state index is -1.35. The second kappa shape index (κ2) is 19.4. The molecule has 37 heavy (non-hydrogen) atoms. The number of hydrogen-bond acceptors (Lipinski definition) is 9. The quantitative estimate of drug-likeness (QED) is 0.0466. The van der Waals surface area contributed by atoms with Gasteiger partial charge in [-0.1, -0.05) is 0 Å². The molecule has 4 unspecified atom stereocenters. The number of amides is 3. The summed E-state index contributed by atoms with van der Waals surface area (Å²) in [5.74, 6) is -3.66. The highest BCUT2D eigenvalue weighted by molar-refractivity contribution is 7.98. The first-order chi connectivity index (χ1) is 17.4. The third kappa shape index (κ3) is 15.9. The van der Waals surface area contributed by atoms with Crippen LogP contribution >= 0.6 is 23.5 Å². The van der Waals surface area contributed by atoms with Crippen LogP contribution in [0.3, 0.4) is 0 Å². The zero-order valence-corrected chi connectivity index (χ0v) is 22.7. The van der Waals surface area contributed by atoms with E-state index in [1.807, 2.05) is 6.26 Å². The molecule has 0 aromatic heterocycles. The Kier molecular flexibility index (Phi) is 18.0. The summed E-state index contributed by atoms with van der Waals surface area (Å²) in [6, 6.07) is -4.54. The van der Waals surface area contributed by atoms with E-state index in [-0.39, 0.29) is 31.8 Å². The summed E-state index contributed by atoms with van der Waals surface area (Å²) >= 11 is 2.91. The van der Waals surface area contributed by atoms with E-state index in [1.165, 1.54) is 23.5 Å². The van der Waals surface area contributed by atoms with Gasteiger partial charge >= 0.3 is 11.9 Å². The van der Waals surface area contributed by atoms with Gasteiger partial charge < -0.3 is 43.4 Å². The lowest BCUT2D eigenvalue weighted by Crippen LogP contribution is -2.57. The first-order valence-electron chi connectivity index (χ1n) is 11.6. The van der Waals surface area contributed by atoms with Crippen LogP contribution in [0, 0.1) is 0 Å². The van der Waals surface area contributed by atoms with Gasteiger partial charge in [-0.3, -0.25) is 24.2 Å². The van der Waals surface area contributed by atoms with Crippen LogP contribution in [0.1, 0.15) is 38.5 Å². The molecule has 0 aliphatic rings. The normalized spacial score (nSPS) is 13.9. The Balaban J connectivity index is 5.62. The number of carboxylic acids is 2. The lowest BCUT2D eigenvalue weighted by atomic mass is 10.1. The molecule has 14 nitrogen and oxygen atoms in total. The number of hydrogen-bond donors (Lipinski definition) is 8. The van der Waals surface area contributed by atoms with Gasteiger partial charge in [0.1, 0.15) is 18.1 Å². The third-order valence-corrected chi connectivity index (χ3v) is 6.34. The fourth-order valence-corrected chi connectivity index (χ4v) is 3.96. The molecule has 0 aromatic carbocycles. The number of thioether (sulfide) groups is 2. The zero-order chi connectivity index (χ0) is 28.4. The van der Waals surface area contributed by atoms with Crippen molar-refractivity contribution >= 4 is 59.1 Å². The van der Waals surface area contributed by atoms with Gasteiger partial charge in [0.05, 0.1) is 6.04 Å². The highest BCUT2D eigenvalue weighted by Gasteiger charge is 2.30. The molecule has 16 heteroatoms. The Bertz CT molecular complexity index is 797. The molecule has 0 rings (SSSR count). The van der Waals surface area contributed by atoms with E-state index in [2.05, 4.69) is 20.9 Å². The summed E-state index contributed by atoms with van der Waals surface area (Å²) < 4.78 is 0. The summed E-state index contributed by atoms with van der Waals surface area (Å²) in [5.41, 5.74) is 16.5. The summed E-state index contributed by atoms with van der Waals surface area (Å²) in [5, 5.41) is 25.8. The Morgan fingerprint density at radius 1 is 0.784 bits per heavy atom. The van der Waals surface area contributed by atoms with Crippen molar-refractivity contribution in [2.75, 3.05) is 30.6 Å². The van der Waals surface area contributed by atoms with Crippen molar-refractivity contribution in [3.63, 3.8) is 0 Å². The van der Waals surface area contributed by atoms with E-state index in [1.54, 1.807) is 6.26 Å². The standard InChI is InChI=1S/C21H39N7O7S2/c1-36-10-7-12(22)17(31)26-13(4-3-9-25-21(23)24)18(32)27-14(5-6-16(29)30)19(33)28-15(20(34)35)8-11-37-2/h12-15H,3-11,22H2,1-2H3,(H,26,31)(H,27,32)(H,28,33)(H,29,30)(H,34,35)(H4,23,24,25). The molecule has 212 valence electrons. The maximum Gasteiger partial charge on any atom is 0.326 e. The van der Waals surface area contributed by atoms with Crippen LogP contribution in [0.2, 0.25) is 0 Å². The summed E-state index contributed by atoms with van der Waals surface area (Å²) in [4.78, 5) is 64.9. The Labute approximate surface area is 224 Å². The molecule has 0 saturated heterocycles. The number of rotatable bonds is 20. The van der Waals surface area contributed by atoms with E-state index < -0.39 is 60.2 Å². The second-order valence-electron chi connectivity index (χ2n) is 8.07.